The molecule has 60 heavy (non-hydrogen) atoms. The second-order valence-corrected chi connectivity index (χ2v) is 16.2. The number of thioether (sulfide) groups is 1. The molecule has 0 saturated heterocycles. The topological polar surface area (TPSA) is 190 Å². The highest BCUT2D eigenvalue weighted by molar-refractivity contribution is 7.99. The average Bonchev–Trinajstić information content (AvgIpc) is 4.11. The molecule has 0 atom stereocenters. The fraction of sp³-hybridized carbons (Fsp3) is 0.200. The van der Waals surface area contributed by atoms with Crippen LogP contribution in [0.2, 0.25) is 5.02 Å². The number of rotatable bonds is 18. The monoisotopic (exact) mass is 877 g/mol. The Morgan fingerprint density at radius 1 is 0.950 bits per heavy atom. The number of hydrogen-bond donors (Lipinski definition) is 3. The third-order valence-electron chi connectivity index (χ3n) is 8.77. The number of anilines is 3. The van der Waals surface area contributed by atoms with Crippen LogP contribution in [0.1, 0.15) is 34.8 Å². The fourth-order valence-electron chi connectivity index (χ4n) is 5.85. The van der Waals surface area contributed by atoms with Crippen molar-refractivity contribution in [3.05, 3.63) is 118 Å². The van der Waals surface area contributed by atoms with Gasteiger partial charge < -0.3 is 15.4 Å². The van der Waals surface area contributed by atoms with Crippen LogP contribution in [0.15, 0.2) is 111 Å². The highest BCUT2D eigenvalue weighted by Crippen LogP contribution is 2.31. The van der Waals surface area contributed by atoms with Gasteiger partial charge in [0.25, 0.3) is 5.91 Å². The minimum absolute atomic E-state index is 0.151. The van der Waals surface area contributed by atoms with Crippen LogP contribution in [-0.2, 0) is 16.1 Å². The lowest BCUT2D eigenvalue weighted by Crippen LogP contribution is -2.28. The first-order valence-corrected chi connectivity index (χ1v) is 21.9. The number of nitrogens with one attached hydrogen (secondary N) is 3. The van der Waals surface area contributed by atoms with Gasteiger partial charge in [-0.05, 0) is 36.2 Å². The second kappa shape index (κ2) is 19.3. The van der Waals surface area contributed by atoms with Gasteiger partial charge >= 0.3 is 5.91 Å². The highest BCUT2D eigenvalue weighted by atomic mass is 35.5. The quantitative estimate of drug-likeness (QED) is 0.0344. The number of nitrogens with zero attached hydrogens (tertiary/aromatic N) is 10. The molecule has 4 aromatic heterocycles. The predicted octanol–water partition coefficient (Wildman–Crippen LogP) is 7.08. The van der Waals surface area contributed by atoms with Gasteiger partial charge in [-0.1, -0.05) is 90.1 Å². The van der Waals surface area contributed by atoms with Crippen LogP contribution in [0.4, 0.5) is 16.1 Å². The predicted molar refractivity (Wildman–Crippen MR) is 238 cm³/mol. The molecule has 20 heteroatoms. The van der Waals surface area contributed by atoms with Gasteiger partial charge in [-0.25, -0.2) is 24.6 Å². The lowest BCUT2D eigenvalue weighted by Gasteiger charge is -2.10. The molecular weight excluding hydrogens is 842 g/mol. The molecule has 16 nitrogen and oxygen atoms in total. The summed E-state index contributed by atoms with van der Waals surface area (Å²) in [6.07, 6.45) is 2.64. The minimum Gasteiger partial charge on any atom is -0.378 e. The van der Waals surface area contributed by atoms with E-state index in [0.717, 1.165) is 28.9 Å². The Balaban J connectivity index is 0.825. The fourth-order valence-corrected chi connectivity index (χ4v) is 7.92. The lowest BCUT2D eigenvalue weighted by atomic mass is 10.1. The number of benzene rings is 3. The Bertz CT molecular complexity index is 2640. The molecule has 0 spiro atoms. The van der Waals surface area contributed by atoms with Gasteiger partial charge in [0.2, 0.25) is 10.3 Å². The van der Waals surface area contributed by atoms with Crippen LogP contribution in [0, 0.1) is 0 Å². The molecule has 0 radical (unpaired) electrons. The highest BCUT2D eigenvalue weighted by Gasteiger charge is 2.36. The number of ether oxygens (including phenoxy) is 1. The molecule has 8 rings (SSSR count). The Hall–Kier alpha value is -6.12. The zero-order valence-electron chi connectivity index (χ0n) is 32.0. The average molecular weight is 878 g/mol. The summed E-state index contributed by atoms with van der Waals surface area (Å²) in [7, 11) is 0. The lowest BCUT2D eigenvalue weighted by molar-refractivity contribution is -0.112. The summed E-state index contributed by atoms with van der Waals surface area (Å²) in [5, 5.41) is 31.1. The third kappa shape index (κ3) is 9.67. The number of halogens is 1. The third-order valence-corrected chi connectivity index (χ3v) is 11.6. The van der Waals surface area contributed by atoms with Crippen molar-refractivity contribution in [1.82, 2.24) is 40.2 Å². The Morgan fingerprint density at radius 3 is 2.55 bits per heavy atom. The van der Waals surface area contributed by atoms with Crippen LogP contribution in [-0.4, -0.2) is 90.2 Å². The number of amides is 2. The van der Waals surface area contributed by atoms with E-state index in [9.17, 15) is 9.59 Å². The van der Waals surface area contributed by atoms with Crippen molar-refractivity contribution in [1.29, 1.82) is 0 Å². The van der Waals surface area contributed by atoms with Crippen molar-refractivity contribution < 1.29 is 14.3 Å². The maximum atomic E-state index is 13.6. The number of carbonyl (C=O) groups excluding carboxylic acids is 2. The summed E-state index contributed by atoms with van der Waals surface area (Å²) in [4.78, 5) is 44.9. The van der Waals surface area contributed by atoms with Crippen molar-refractivity contribution in [3.8, 4) is 11.3 Å². The number of carbonyl (C=O) groups is 2. The first kappa shape index (κ1) is 40.7. The number of thiazole rings is 2. The maximum absolute atomic E-state index is 13.6. The Kier molecular flexibility index (Phi) is 13.1. The SMILES string of the molecule is CCCSc1nc(NCCOCCNC(=O)c2ccc(-c3csc(N4N=C(c5ccccc5)/C(=N\Nc5nccs5)C4=O)n3)cc2)c2nnn(Cc3ccc(Cl)cc3)c2n1. The number of hydrogen-bond acceptors (Lipinski definition) is 16. The molecule has 304 valence electrons. The van der Waals surface area contributed by atoms with Crippen molar-refractivity contribution in [2.24, 2.45) is 10.2 Å². The van der Waals surface area contributed by atoms with E-state index in [1.54, 1.807) is 34.8 Å². The molecule has 3 N–H and O–H groups in total. The van der Waals surface area contributed by atoms with Crippen LogP contribution in [0.5, 0.6) is 0 Å². The molecule has 7 aromatic rings. The Morgan fingerprint density at radius 2 is 1.77 bits per heavy atom. The number of fused-ring (bicyclic) bond motifs is 1. The van der Waals surface area contributed by atoms with Gasteiger partial charge in [-0.2, -0.15) is 15.2 Å². The van der Waals surface area contributed by atoms with Gasteiger partial charge in [-0.3, -0.25) is 15.0 Å². The van der Waals surface area contributed by atoms with E-state index in [1.807, 2.05) is 77.5 Å². The second-order valence-electron chi connectivity index (χ2n) is 13.0. The summed E-state index contributed by atoms with van der Waals surface area (Å²) >= 11 is 10.3. The van der Waals surface area contributed by atoms with E-state index < -0.39 is 5.91 Å². The molecule has 0 fully saturated rings. The molecular formula is C40H36ClN13O3S3. The molecule has 3 aromatic carbocycles. The van der Waals surface area contributed by atoms with Crippen molar-refractivity contribution in [2.45, 2.75) is 25.0 Å². The Labute approximate surface area is 361 Å². The van der Waals surface area contributed by atoms with Crippen LogP contribution >= 0.6 is 46.0 Å². The van der Waals surface area contributed by atoms with E-state index in [4.69, 9.17) is 31.3 Å². The molecule has 1 aliphatic heterocycles. The molecule has 0 aliphatic carbocycles. The first-order chi connectivity index (χ1) is 29.4. The van der Waals surface area contributed by atoms with Crippen molar-refractivity contribution >= 4 is 96.5 Å². The van der Waals surface area contributed by atoms with Gasteiger partial charge in [0.05, 0.1) is 25.5 Å². The summed E-state index contributed by atoms with van der Waals surface area (Å²) < 4.78 is 7.56. The first-order valence-electron chi connectivity index (χ1n) is 18.8. The summed E-state index contributed by atoms with van der Waals surface area (Å²) in [6.45, 7) is 4.09. The summed E-state index contributed by atoms with van der Waals surface area (Å²) in [5.41, 5.74) is 8.33. The maximum Gasteiger partial charge on any atom is 0.303 e. The molecule has 0 bridgehead atoms. The van der Waals surface area contributed by atoms with Gasteiger partial charge in [-0.15, -0.1) is 27.8 Å². The van der Waals surface area contributed by atoms with E-state index in [-0.39, 0.29) is 11.6 Å². The molecule has 0 saturated carbocycles. The van der Waals surface area contributed by atoms with Crippen molar-refractivity contribution in [3.63, 3.8) is 0 Å². The molecule has 0 unspecified atom stereocenters. The number of hydrazone groups is 2. The van der Waals surface area contributed by atoms with E-state index >= 15 is 0 Å². The standard InChI is InChI=1S/C40H36ClN13O3S3/c1-2-21-58-39-46-34(33-35(47-39)53(52-49-33)23-25-8-14-29(41)15-9-25)42-16-19-57-20-17-43-36(55)28-12-10-26(11-13-28)30-24-60-40(45-30)54-37(56)32(48-50-38-44-18-22-59-38)31(51-54)27-6-4-3-5-7-27/h3-15,18,22,24H,2,16-17,19-21,23H2,1H3,(H,43,55)(H,44,50)(H,42,46,47)/b48-32+. The molecule has 1 aliphatic rings. The van der Waals surface area contributed by atoms with E-state index in [1.165, 1.54) is 27.7 Å². The van der Waals surface area contributed by atoms with Crippen LogP contribution in [0.25, 0.3) is 22.4 Å². The minimum atomic E-state index is -0.416. The largest absolute Gasteiger partial charge is 0.378 e. The summed E-state index contributed by atoms with van der Waals surface area (Å²) in [5.74, 6) is 0.828. The van der Waals surface area contributed by atoms with Gasteiger partial charge in [0, 0.05) is 57.5 Å². The normalized spacial score (nSPS) is 13.3. The van der Waals surface area contributed by atoms with Crippen molar-refractivity contribution in [2.75, 3.05) is 47.8 Å². The number of aromatic nitrogens is 7. The zero-order chi connectivity index (χ0) is 41.3. The zero-order valence-corrected chi connectivity index (χ0v) is 35.2. The van der Waals surface area contributed by atoms with Crippen LogP contribution in [0.3, 0.4) is 0 Å². The molecule has 2 amide bonds. The summed E-state index contributed by atoms with van der Waals surface area (Å²) in [6, 6.07) is 24.1. The van der Waals surface area contributed by atoms with E-state index in [2.05, 4.69) is 48.5 Å². The smallest absolute Gasteiger partial charge is 0.303 e. The molecule has 5 heterocycles. The van der Waals surface area contributed by atoms with E-state index in [0.29, 0.717) is 87.2 Å². The van der Waals surface area contributed by atoms with Crippen LogP contribution < -0.4 is 21.1 Å². The van der Waals surface area contributed by atoms with Gasteiger partial charge in [0.15, 0.2) is 27.8 Å². The van der Waals surface area contributed by atoms with Gasteiger partial charge in [0.1, 0.15) is 5.71 Å².